The minimum atomic E-state index is -1.39. The molecule has 5 atom stereocenters. The van der Waals surface area contributed by atoms with Crippen molar-refractivity contribution < 1.29 is 34.2 Å². The molecule has 4 amide bonds. The Hall–Kier alpha value is -3.11. The zero-order valence-corrected chi connectivity index (χ0v) is 21.3. The van der Waals surface area contributed by atoms with Crippen LogP contribution < -0.4 is 38.9 Å². The molecule has 0 aromatic rings. The van der Waals surface area contributed by atoms with Crippen LogP contribution in [-0.4, -0.2) is 94.6 Å². The third-order valence-corrected chi connectivity index (χ3v) is 5.58. The monoisotopic (exact) mass is 534 g/mol. The Morgan fingerprint density at radius 2 is 1.42 bits per heavy atom. The molecule has 5 unspecified atom stereocenters. The number of nitrogens with zero attached hydrogens (tertiary/aromatic N) is 1. The second-order valence-electron chi connectivity index (χ2n) is 8.02. The molecule has 0 rings (SSSR count). The molecule has 0 aliphatic heterocycles. The highest BCUT2D eigenvalue weighted by Crippen LogP contribution is 2.07. The lowest BCUT2D eigenvalue weighted by Crippen LogP contribution is -2.58. The second kappa shape index (κ2) is 17.3. The summed E-state index contributed by atoms with van der Waals surface area (Å²) < 4.78 is 0. The maximum Gasteiger partial charge on any atom is 0.326 e. The van der Waals surface area contributed by atoms with E-state index in [1.165, 1.54) is 18.7 Å². The fourth-order valence-electron chi connectivity index (χ4n) is 2.85. The number of nitrogens with two attached hydrogens (primary N) is 4. The van der Waals surface area contributed by atoms with Crippen molar-refractivity contribution in [2.24, 2.45) is 27.9 Å². The molecular weight excluding hydrogens is 496 g/mol. The maximum absolute atomic E-state index is 13.0. The van der Waals surface area contributed by atoms with Gasteiger partial charge in [0.25, 0.3) is 0 Å². The first-order chi connectivity index (χ1) is 16.8. The van der Waals surface area contributed by atoms with Crippen LogP contribution in [0.25, 0.3) is 0 Å². The van der Waals surface area contributed by atoms with E-state index in [1.807, 2.05) is 0 Å². The lowest BCUT2D eigenvalue weighted by molar-refractivity contribution is -0.142. The van der Waals surface area contributed by atoms with Gasteiger partial charge in [-0.3, -0.25) is 24.2 Å². The quantitative estimate of drug-likeness (QED) is 0.0468. The molecule has 0 bridgehead atoms. The Kier molecular flexibility index (Phi) is 15.8. The first-order valence-corrected chi connectivity index (χ1v) is 12.6. The van der Waals surface area contributed by atoms with Crippen molar-refractivity contribution >= 4 is 47.3 Å². The number of carbonyl (C=O) groups excluding carboxylic acids is 4. The SMILES string of the molecule is CSCCC(NC(=O)C(CCCN=C(N)N)NC(=O)C(N)C(C)O)C(=O)NC(CCC(N)=O)C(=O)O. The summed E-state index contributed by atoms with van der Waals surface area (Å²) in [6.45, 7) is 1.49. The molecule has 0 heterocycles. The predicted molar refractivity (Wildman–Crippen MR) is 134 cm³/mol. The van der Waals surface area contributed by atoms with Gasteiger partial charge in [0.2, 0.25) is 23.6 Å². The molecule has 206 valence electrons. The Morgan fingerprint density at radius 3 is 1.89 bits per heavy atom. The number of thioether (sulfide) groups is 1. The van der Waals surface area contributed by atoms with Gasteiger partial charge in [0.1, 0.15) is 24.2 Å². The highest BCUT2D eigenvalue weighted by Gasteiger charge is 2.30. The molecule has 36 heavy (non-hydrogen) atoms. The molecule has 15 nitrogen and oxygen atoms in total. The number of hydrogen-bond acceptors (Lipinski definition) is 9. The number of nitrogens with one attached hydrogen (secondary N) is 3. The number of aliphatic hydroxyl groups excluding tert-OH is 1. The van der Waals surface area contributed by atoms with Crippen LogP contribution in [0.15, 0.2) is 4.99 Å². The van der Waals surface area contributed by atoms with Crippen molar-refractivity contribution in [3.8, 4) is 0 Å². The first-order valence-electron chi connectivity index (χ1n) is 11.2. The van der Waals surface area contributed by atoms with Gasteiger partial charge in [0.15, 0.2) is 5.96 Å². The Balaban J connectivity index is 5.57. The molecular formula is C20H38N8O7S. The third-order valence-electron chi connectivity index (χ3n) is 4.94. The van der Waals surface area contributed by atoms with Crippen LogP contribution >= 0.6 is 11.8 Å². The molecule has 13 N–H and O–H groups in total. The number of rotatable bonds is 18. The van der Waals surface area contributed by atoms with Gasteiger partial charge in [0, 0.05) is 13.0 Å². The molecule has 0 spiro atoms. The zero-order chi connectivity index (χ0) is 27.8. The van der Waals surface area contributed by atoms with Gasteiger partial charge in [-0.2, -0.15) is 11.8 Å². The number of carboxylic acids is 1. The topological polar surface area (TPSA) is 278 Å². The van der Waals surface area contributed by atoms with Gasteiger partial charge in [-0.25, -0.2) is 4.79 Å². The fourth-order valence-corrected chi connectivity index (χ4v) is 3.32. The van der Waals surface area contributed by atoms with Crippen LogP contribution in [0.5, 0.6) is 0 Å². The normalized spacial score (nSPS) is 14.9. The number of carboxylic acid groups (broad SMARTS) is 1. The minimum absolute atomic E-state index is 0.0775. The van der Waals surface area contributed by atoms with Gasteiger partial charge >= 0.3 is 5.97 Å². The summed E-state index contributed by atoms with van der Waals surface area (Å²) in [4.78, 5) is 64.5. The van der Waals surface area contributed by atoms with Gasteiger partial charge in [-0.1, -0.05) is 0 Å². The maximum atomic E-state index is 13.0. The minimum Gasteiger partial charge on any atom is -0.480 e. The Morgan fingerprint density at radius 1 is 0.889 bits per heavy atom. The number of aliphatic carboxylic acids is 1. The van der Waals surface area contributed by atoms with Crippen LogP contribution in [0.1, 0.15) is 39.0 Å². The molecule has 0 fully saturated rings. The standard InChI is InChI=1S/C20H38N8O7S/c1-10(29)15(22)18(33)27-11(4-3-8-25-20(23)24)16(31)26-12(7-9-36-2)17(32)28-13(19(34)35)5-6-14(21)30/h10-13,15,29H,3-9,22H2,1-2H3,(H2,21,30)(H,26,31)(H,27,33)(H,28,32)(H,34,35)(H4,23,24,25). The van der Waals surface area contributed by atoms with E-state index in [2.05, 4.69) is 20.9 Å². The molecule has 0 aliphatic rings. The summed E-state index contributed by atoms with van der Waals surface area (Å²) in [6.07, 6.45) is 0.650. The predicted octanol–water partition coefficient (Wildman–Crippen LogP) is -3.69. The van der Waals surface area contributed by atoms with Crippen molar-refractivity contribution in [3.63, 3.8) is 0 Å². The van der Waals surface area contributed by atoms with Crippen LogP contribution in [-0.2, 0) is 24.0 Å². The smallest absolute Gasteiger partial charge is 0.326 e. The van der Waals surface area contributed by atoms with Crippen molar-refractivity contribution in [2.45, 2.75) is 69.3 Å². The zero-order valence-electron chi connectivity index (χ0n) is 20.4. The fraction of sp³-hybridized carbons (Fsp3) is 0.700. The molecule has 0 saturated heterocycles. The van der Waals surface area contributed by atoms with Gasteiger partial charge in [-0.15, -0.1) is 0 Å². The van der Waals surface area contributed by atoms with E-state index in [0.29, 0.717) is 5.75 Å². The highest BCUT2D eigenvalue weighted by atomic mass is 32.2. The lowest BCUT2D eigenvalue weighted by Gasteiger charge is -2.25. The van der Waals surface area contributed by atoms with E-state index in [9.17, 15) is 34.2 Å². The van der Waals surface area contributed by atoms with E-state index >= 15 is 0 Å². The molecule has 0 saturated carbocycles. The van der Waals surface area contributed by atoms with E-state index in [1.54, 1.807) is 6.26 Å². The number of aliphatic imine (C=N–C) groups is 1. The van der Waals surface area contributed by atoms with Crippen LogP contribution in [0.3, 0.4) is 0 Å². The summed E-state index contributed by atoms with van der Waals surface area (Å²) in [5.74, 6) is -4.07. The Bertz CT molecular complexity index is 792. The van der Waals surface area contributed by atoms with Crippen LogP contribution in [0.2, 0.25) is 0 Å². The van der Waals surface area contributed by atoms with Crippen molar-refractivity contribution in [3.05, 3.63) is 0 Å². The highest BCUT2D eigenvalue weighted by molar-refractivity contribution is 7.98. The van der Waals surface area contributed by atoms with Crippen molar-refractivity contribution in [2.75, 3.05) is 18.6 Å². The largest absolute Gasteiger partial charge is 0.480 e. The molecule has 0 aromatic heterocycles. The van der Waals surface area contributed by atoms with Crippen molar-refractivity contribution in [1.82, 2.24) is 16.0 Å². The lowest BCUT2D eigenvalue weighted by atomic mass is 10.1. The average Bonchev–Trinajstić information content (AvgIpc) is 2.79. The van der Waals surface area contributed by atoms with Gasteiger partial charge < -0.3 is 49.1 Å². The first kappa shape index (κ1) is 32.9. The van der Waals surface area contributed by atoms with E-state index in [0.717, 1.165) is 0 Å². The summed E-state index contributed by atoms with van der Waals surface area (Å²) in [6, 6.07) is -4.97. The summed E-state index contributed by atoms with van der Waals surface area (Å²) in [5.41, 5.74) is 21.3. The van der Waals surface area contributed by atoms with E-state index < -0.39 is 59.9 Å². The number of primary amides is 1. The van der Waals surface area contributed by atoms with Gasteiger partial charge in [-0.05, 0) is 44.6 Å². The van der Waals surface area contributed by atoms with Crippen LogP contribution in [0, 0.1) is 0 Å². The molecule has 0 aliphatic carbocycles. The number of hydrogen-bond donors (Lipinski definition) is 9. The van der Waals surface area contributed by atoms with Crippen molar-refractivity contribution in [1.29, 1.82) is 0 Å². The summed E-state index contributed by atoms with van der Waals surface area (Å²) in [7, 11) is 0. The van der Waals surface area contributed by atoms with E-state index in [4.69, 9.17) is 22.9 Å². The van der Waals surface area contributed by atoms with Gasteiger partial charge in [0.05, 0.1) is 6.10 Å². The number of carbonyl (C=O) groups is 5. The molecule has 16 heteroatoms. The molecule has 0 radical (unpaired) electrons. The second-order valence-corrected chi connectivity index (χ2v) is 9.01. The third kappa shape index (κ3) is 13.7. The molecule has 0 aromatic carbocycles. The summed E-state index contributed by atoms with van der Waals surface area (Å²) >= 11 is 1.40. The Labute approximate surface area is 213 Å². The average molecular weight is 535 g/mol. The van der Waals surface area contributed by atoms with E-state index in [-0.39, 0.29) is 44.6 Å². The summed E-state index contributed by atoms with van der Waals surface area (Å²) in [5, 5.41) is 26.2. The number of amides is 4. The van der Waals surface area contributed by atoms with Crippen LogP contribution in [0.4, 0.5) is 0 Å². The number of aliphatic hydroxyl groups is 1. The number of guanidine groups is 1.